The van der Waals surface area contributed by atoms with Crippen molar-refractivity contribution in [1.29, 1.82) is 0 Å². The molecule has 0 spiro atoms. The van der Waals surface area contributed by atoms with Gasteiger partial charge in [-0.2, -0.15) is 0 Å². The largest absolute Gasteiger partial charge is 0.481 e. The van der Waals surface area contributed by atoms with Crippen molar-refractivity contribution in [3.05, 3.63) is 0 Å². The van der Waals surface area contributed by atoms with Crippen LogP contribution in [0.1, 0.15) is 38.5 Å². The highest BCUT2D eigenvalue weighted by molar-refractivity contribution is 5.80. The van der Waals surface area contributed by atoms with Crippen LogP contribution >= 0.6 is 0 Å². The third-order valence-corrected chi connectivity index (χ3v) is 3.62. The molecule has 0 heterocycles. The minimum Gasteiger partial charge on any atom is -0.481 e. The Morgan fingerprint density at radius 1 is 1.36 bits per heavy atom. The monoisotopic (exact) mass is 204 g/mol. The molecule has 80 valence electrons. The molecule has 1 unspecified atom stereocenters. The summed E-state index contributed by atoms with van der Waals surface area (Å²) in [4.78, 5) is 10.8. The second-order valence-corrected chi connectivity index (χ2v) is 4.62. The lowest BCUT2D eigenvalue weighted by Crippen LogP contribution is -2.24. The zero-order valence-corrected chi connectivity index (χ0v) is 7.93. The Labute approximate surface area is 81.3 Å². The van der Waals surface area contributed by atoms with Crippen LogP contribution in [-0.2, 0) is 4.79 Å². The van der Waals surface area contributed by atoms with E-state index < -0.39 is 23.7 Å². The molecule has 0 saturated heterocycles. The molecule has 2 rings (SSSR count). The molecule has 1 N–H and O–H groups in total. The molecule has 2 aliphatic carbocycles. The quantitative estimate of drug-likeness (QED) is 0.767. The van der Waals surface area contributed by atoms with Crippen molar-refractivity contribution >= 4 is 5.97 Å². The molecule has 2 aliphatic rings. The van der Waals surface area contributed by atoms with Gasteiger partial charge in [0, 0.05) is 6.42 Å². The van der Waals surface area contributed by atoms with Crippen molar-refractivity contribution in [1.82, 2.24) is 0 Å². The van der Waals surface area contributed by atoms with E-state index in [0.29, 0.717) is 0 Å². The van der Waals surface area contributed by atoms with Gasteiger partial charge in [0.25, 0.3) is 5.92 Å². The summed E-state index contributed by atoms with van der Waals surface area (Å²) < 4.78 is 25.9. The first-order chi connectivity index (χ1) is 6.48. The third-order valence-electron chi connectivity index (χ3n) is 3.62. The van der Waals surface area contributed by atoms with E-state index in [2.05, 4.69) is 0 Å². The molecule has 2 saturated carbocycles. The Hall–Kier alpha value is -0.670. The summed E-state index contributed by atoms with van der Waals surface area (Å²) in [6.45, 7) is 0. The predicted molar refractivity (Wildman–Crippen MR) is 46.2 cm³/mol. The summed E-state index contributed by atoms with van der Waals surface area (Å²) in [5, 5.41) is 8.82. The van der Waals surface area contributed by atoms with E-state index in [1.165, 1.54) is 0 Å². The molecule has 2 nitrogen and oxygen atoms in total. The third kappa shape index (κ3) is 1.31. The van der Waals surface area contributed by atoms with Crippen molar-refractivity contribution in [2.75, 3.05) is 0 Å². The van der Waals surface area contributed by atoms with Gasteiger partial charge in [-0.3, -0.25) is 4.79 Å². The molecule has 2 fully saturated rings. The molecule has 0 bridgehead atoms. The van der Waals surface area contributed by atoms with E-state index in [1.54, 1.807) is 0 Å². The highest BCUT2D eigenvalue weighted by Gasteiger charge is 2.76. The molecule has 0 amide bonds. The summed E-state index contributed by atoms with van der Waals surface area (Å²) in [6.07, 6.45) is 3.69. The maximum Gasteiger partial charge on any atom is 0.316 e. The fourth-order valence-corrected chi connectivity index (χ4v) is 2.58. The number of halogens is 2. The molecular formula is C10H14F2O2. The van der Waals surface area contributed by atoms with Crippen molar-refractivity contribution in [3.8, 4) is 0 Å². The lowest BCUT2D eigenvalue weighted by molar-refractivity contribution is -0.148. The van der Waals surface area contributed by atoms with Crippen LogP contribution in [0.15, 0.2) is 0 Å². The first kappa shape index (κ1) is 9.87. The molecule has 0 radical (unpaired) electrons. The summed E-state index contributed by atoms with van der Waals surface area (Å²) in [5.41, 5.74) is -1.71. The van der Waals surface area contributed by atoms with Crippen LogP contribution in [0.25, 0.3) is 0 Å². The second kappa shape index (κ2) is 2.91. The Bertz CT molecular complexity index is 259. The zero-order valence-electron chi connectivity index (χ0n) is 7.93. The Morgan fingerprint density at radius 2 is 1.86 bits per heavy atom. The smallest absolute Gasteiger partial charge is 0.316 e. The number of aliphatic carboxylic acids is 1. The van der Waals surface area contributed by atoms with E-state index in [1.807, 2.05) is 0 Å². The fraction of sp³-hybridized carbons (Fsp3) is 0.900. The number of alkyl halides is 2. The maximum absolute atomic E-state index is 13.0. The Morgan fingerprint density at radius 3 is 2.21 bits per heavy atom. The fourth-order valence-electron chi connectivity index (χ4n) is 2.58. The van der Waals surface area contributed by atoms with Gasteiger partial charge >= 0.3 is 5.97 Å². The van der Waals surface area contributed by atoms with Crippen LogP contribution in [0.5, 0.6) is 0 Å². The highest BCUT2D eigenvalue weighted by atomic mass is 19.3. The molecule has 0 aromatic carbocycles. The summed E-state index contributed by atoms with van der Waals surface area (Å²) in [6, 6.07) is 0. The molecule has 0 aromatic rings. The second-order valence-electron chi connectivity index (χ2n) is 4.62. The van der Waals surface area contributed by atoms with Gasteiger partial charge in [0.05, 0.1) is 0 Å². The van der Waals surface area contributed by atoms with Gasteiger partial charge in [-0.25, -0.2) is 8.78 Å². The molecule has 0 aliphatic heterocycles. The molecule has 14 heavy (non-hydrogen) atoms. The summed E-state index contributed by atoms with van der Waals surface area (Å²) >= 11 is 0. The lowest BCUT2D eigenvalue weighted by Gasteiger charge is -2.15. The van der Waals surface area contributed by atoms with Crippen LogP contribution in [0.2, 0.25) is 0 Å². The Balaban J connectivity index is 2.03. The first-order valence-electron chi connectivity index (χ1n) is 5.09. The van der Waals surface area contributed by atoms with Crippen LogP contribution in [0.3, 0.4) is 0 Å². The minimum absolute atomic E-state index is 0.176. The zero-order chi connectivity index (χ0) is 10.4. The van der Waals surface area contributed by atoms with E-state index in [9.17, 15) is 13.6 Å². The predicted octanol–water partition coefficient (Wildman–Crippen LogP) is 2.68. The lowest BCUT2D eigenvalue weighted by atomic mass is 9.90. The van der Waals surface area contributed by atoms with E-state index >= 15 is 0 Å². The average Bonchev–Trinajstić information content (AvgIpc) is 2.49. The van der Waals surface area contributed by atoms with E-state index in [0.717, 1.165) is 25.7 Å². The SMILES string of the molecule is O=C(O)C1(CC2CCCC2)CC1(F)F. The van der Waals surface area contributed by atoms with Gasteiger partial charge in [0.1, 0.15) is 5.41 Å². The normalized spacial score (nSPS) is 35.9. The van der Waals surface area contributed by atoms with Crippen LogP contribution in [0.4, 0.5) is 8.78 Å². The standard InChI is InChI=1S/C10H14F2O2/c11-10(12)6-9(10,8(13)14)5-7-3-1-2-4-7/h7H,1-6H2,(H,13,14). The van der Waals surface area contributed by atoms with Crippen molar-refractivity contribution in [2.24, 2.45) is 11.3 Å². The van der Waals surface area contributed by atoms with Crippen LogP contribution < -0.4 is 0 Å². The number of hydrogen-bond acceptors (Lipinski definition) is 1. The molecule has 1 atom stereocenters. The van der Waals surface area contributed by atoms with Gasteiger partial charge in [0.15, 0.2) is 0 Å². The number of carboxylic acids is 1. The molecule has 4 heteroatoms. The minimum atomic E-state index is -2.96. The van der Waals surface area contributed by atoms with E-state index in [4.69, 9.17) is 5.11 Å². The maximum atomic E-state index is 13.0. The van der Waals surface area contributed by atoms with Gasteiger partial charge in [-0.05, 0) is 12.3 Å². The first-order valence-corrected chi connectivity index (χ1v) is 5.09. The van der Waals surface area contributed by atoms with Crippen molar-refractivity contribution in [2.45, 2.75) is 44.4 Å². The summed E-state index contributed by atoms with van der Waals surface area (Å²) in [7, 11) is 0. The van der Waals surface area contributed by atoms with Gasteiger partial charge in [-0.1, -0.05) is 25.7 Å². The topological polar surface area (TPSA) is 37.3 Å². The van der Waals surface area contributed by atoms with Crippen molar-refractivity contribution < 1.29 is 18.7 Å². The Kier molecular flexibility index (Phi) is 2.05. The number of carboxylic acid groups (broad SMARTS) is 1. The van der Waals surface area contributed by atoms with Gasteiger partial charge < -0.3 is 5.11 Å². The van der Waals surface area contributed by atoms with Crippen molar-refractivity contribution in [3.63, 3.8) is 0 Å². The number of hydrogen-bond donors (Lipinski definition) is 1. The average molecular weight is 204 g/mol. The molecule has 0 aromatic heterocycles. The number of carbonyl (C=O) groups is 1. The van der Waals surface area contributed by atoms with Gasteiger partial charge in [-0.15, -0.1) is 0 Å². The van der Waals surface area contributed by atoms with Crippen LogP contribution in [0, 0.1) is 11.3 Å². The highest BCUT2D eigenvalue weighted by Crippen LogP contribution is 2.64. The van der Waals surface area contributed by atoms with E-state index in [-0.39, 0.29) is 12.3 Å². The summed E-state index contributed by atoms with van der Waals surface area (Å²) in [5.74, 6) is -4.06. The number of rotatable bonds is 3. The molecular weight excluding hydrogens is 190 g/mol. The van der Waals surface area contributed by atoms with Gasteiger partial charge in [0.2, 0.25) is 0 Å². The van der Waals surface area contributed by atoms with Crippen LogP contribution in [-0.4, -0.2) is 17.0 Å².